The zero-order valence-electron chi connectivity index (χ0n) is 12.2. The van der Waals surface area contributed by atoms with Gasteiger partial charge in [-0.25, -0.2) is 0 Å². The lowest BCUT2D eigenvalue weighted by atomic mass is 9.77. The van der Waals surface area contributed by atoms with E-state index in [2.05, 4.69) is 16.3 Å². The van der Waals surface area contributed by atoms with E-state index in [1.54, 1.807) is 11.3 Å². The van der Waals surface area contributed by atoms with Gasteiger partial charge >= 0.3 is 0 Å². The summed E-state index contributed by atoms with van der Waals surface area (Å²) in [6, 6.07) is 4.10. The number of piperidine rings is 1. The Labute approximate surface area is 131 Å². The highest BCUT2D eigenvalue weighted by atomic mass is 35.5. The minimum Gasteiger partial charge on any atom is -0.311 e. The Kier molecular flexibility index (Phi) is 5.03. The summed E-state index contributed by atoms with van der Waals surface area (Å²) in [5.74, 6) is 0. The van der Waals surface area contributed by atoms with Crippen LogP contribution in [0.25, 0.3) is 0 Å². The van der Waals surface area contributed by atoms with Gasteiger partial charge in [-0.1, -0.05) is 24.4 Å². The molecule has 0 unspecified atom stereocenters. The summed E-state index contributed by atoms with van der Waals surface area (Å²) < 4.78 is 0.889. The second-order valence-electron chi connectivity index (χ2n) is 6.43. The average Bonchev–Trinajstić information content (AvgIpc) is 3.07. The molecule has 3 rings (SSSR count). The molecule has 1 aromatic rings. The number of halogens is 1. The van der Waals surface area contributed by atoms with Gasteiger partial charge in [-0.05, 0) is 56.3 Å². The number of hydrogen-bond donors (Lipinski definition) is 1. The van der Waals surface area contributed by atoms with E-state index in [0.717, 1.165) is 22.8 Å². The van der Waals surface area contributed by atoms with E-state index in [1.807, 2.05) is 6.07 Å². The molecule has 20 heavy (non-hydrogen) atoms. The van der Waals surface area contributed by atoms with Crippen LogP contribution in [0.3, 0.4) is 0 Å². The molecule has 1 aromatic heterocycles. The third kappa shape index (κ3) is 3.76. The molecule has 2 nitrogen and oxygen atoms in total. The lowest BCUT2D eigenvalue weighted by Crippen LogP contribution is -2.41. The van der Waals surface area contributed by atoms with Gasteiger partial charge in [0.1, 0.15) is 0 Å². The second-order valence-corrected chi connectivity index (χ2v) is 8.23. The first kappa shape index (κ1) is 14.8. The number of likely N-dealkylation sites (tertiary alicyclic amines) is 1. The molecule has 1 aliphatic heterocycles. The molecule has 112 valence electrons. The lowest BCUT2D eigenvalue weighted by molar-refractivity contribution is 0.109. The van der Waals surface area contributed by atoms with Crippen molar-refractivity contribution < 1.29 is 0 Å². The number of hydrogen-bond acceptors (Lipinski definition) is 3. The summed E-state index contributed by atoms with van der Waals surface area (Å²) in [4.78, 5) is 3.97. The van der Waals surface area contributed by atoms with Crippen LogP contribution < -0.4 is 5.32 Å². The Morgan fingerprint density at radius 2 is 1.90 bits per heavy atom. The number of thiophene rings is 1. The summed E-state index contributed by atoms with van der Waals surface area (Å²) in [6.45, 7) is 5.85. The maximum Gasteiger partial charge on any atom is 0.0931 e. The van der Waals surface area contributed by atoms with Crippen molar-refractivity contribution in [3.63, 3.8) is 0 Å². The van der Waals surface area contributed by atoms with E-state index in [0.29, 0.717) is 0 Å². The van der Waals surface area contributed by atoms with E-state index in [9.17, 15) is 0 Å². The minimum atomic E-state index is 0.748. The summed E-state index contributed by atoms with van der Waals surface area (Å²) in [6.07, 6.45) is 8.83. The van der Waals surface area contributed by atoms with Gasteiger partial charge in [0.2, 0.25) is 0 Å². The fraction of sp³-hybridized carbons (Fsp3) is 0.750. The fourth-order valence-corrected chi connectivity index (χ4v) is 4.83. The first-order chi connectivity index (χ1) is 9.76. The summed E-state index contributed by atoms with van der Waals surface area (Å²) in [5, 5.41) is 3.53. The maximum absolute atomic E-state index is 5.94. The van der Waals surface area contributed by atoms with Crippen molar-refractivity contribution in [3.05, 3.63) is 21.3 Å². The van der Waals surface area contributed by atoms with Crippen LogP contribution in [0.1, 0.15) is 43.4 Å². The molecule has 2 fully saturated rings. The summed E-state index contributed by atoms with van der Waals surface area (Å²) in [5.41, 5.74) is 0.748. The van der Waals surface area contributed by atoms with Gasteiger partial charge in [0.25, 0.3) is 0 Å². The van der Waals surface area contributed by atoms with E-state index in [1.165, 1.54) is 63.0 Å². The van der Waals surface area contributed by atoms with Crippen LogP contribution in [0.2, 0.25) is 4.34 Å². The lowest BCUT2D eigenvalue weighted by Gasteiger charge is -2.39. The highest BCUT2D eigenvalue weighted by Gasteiger charge is 2.36. The molecular formula is C16H25ClN2S. The third-order valence-electron chi connectivity index (χ3n) is 5.11. The van der Waals surface area contributed by atoms with Crippen molar-refractivity contribution in [3.8, 4) is 0 Å². The van der Waals surface area contributed by atoms with Crippen LogP contribution in [-0.2, 0) is 6.54 Å². The predicted octanol–water partition coefficient (Wildman–Crippen LogP) is 4.15. The first-order valence-electron chi connectivity index (χ1n) is 7.93. The van der Waals surface area contributed by atoms with Gasteiger partial charge in [-0.2, -0.15) is 0 Å². The third-order valence-corrected chi connectivity index (χ3v) is 6.34. The Bertz CT molecular complexity index is 416. The van der Waals surface area contributed by atoms with Crippen molar-refractivity contribution in [1.82, 2.24) is 10.2 Å². The van der Waals surface area contributed by atoms with Gasteiger partial charge in [0, 0.05) is 24.5 Å². The smallest absolute Gasteiger partial charge is 0.0931 e. The number of nitrogens with zero attached hydrogens (tertiary/aromatic N) is 1. The molecule has 0 amide bonds. The molecule has 0 bridgehead atoms. The molecule has 0 radical (unpaired) electrons. The molecule has 1 saturated carbocycles. The van der Waals surface area contributed by atoms with Crippen LogP contribution in [0.4, 0.5) is 0 Å². The minimum absolute atomic E-state index is 0.748. The van der Waals surface area contributed by atoms with Crippen LogP contribution >= 0.6 is 22.9 Å². The van der Waals surface area contributed by atoms with Crippen LogP contribution in [0.15, 0.2) is 12.1 Å². The van der Waals surface area contributed by atoms with E-state index in [4.69, 9.17) is 11.6 Å². The molecular weight excluding hydrogens is 288 g/mol. The Morgan fingerprint density at radius 3 is 2.55 bits per heavy atom. The first-order valence-corrected chi connectivity index (χ1v) is 9.13. The normalized spacial score (nSPS) is 22.6. The Hall–Kier alpha value is -0.0900. The Balaban J connectivity index is 1.32. The SMILES string of the molecule is Clc1ccc(CNCCN2CCC3(CCCC3)CC2)s1. The topological polar surface area (TPSA) is 15.3 Å². The van der Waals surface area contributed by atoms with Crippen molar-refractivity contribution in [1.29, 1.82) is 0 Å². The van der Waals surface area contributed by atoms with Gasteiger partial charge in [0.15, 0.2) is 0 Å². The van der Waals surface area contributed by atoms with Gasteiger partial charge in [-0.15, -0.1) is 11.3 Å². The van der Waals surface area contributed by atoms with Crippen molar-refractivity contribution in [2.75, 3.05) is 26.2 Å². The largest absolute Gasteiger partial charge is 0.311 e. The van der Waals surface area contributed by atoms with Crippen LogP contribution in [-0.4, -0.2) is 31.1 Å². The van der Waals surface area contributed by atoms with E-state index >= 15 is 0 Å². The molecule has 1 N–H and O–H groups in total. The maximum atomic E-state index is 5.94. The standard InChI is InChI=1S/C16H25ClN2S/c17-15-4-3-14(20-15)13-18-9-12-19-10-7-16(8-11-19)5-1-2-6-16/h3-4,18H,1-2,5-13H2. The van der Waals surface area contributed by atoms with Crippen molar-refractivity contribution in [2.45, 2.75) is 45.1 Å². The Morgan fingerprint density at radius 1 is 1.15 bits per heavy atom. The van der Waals surface area contributed by atoms with Crippen molar-refractivity contribution in [2.24, 2.45) is 5.41 Å². The second kappa shape index (κ2) is 6.78. The average molecular weight is 313 g/mol. The van der Waals surface area contributed by atoms with E-state index < -0.39 is 0 Å². The molecule has 0 aromatic carbocycles. The van der Waals surface area contributed by atoms with Gasteiger partial charge < -0.3 is 10.2 Å². The quantitative estimate of drug-likeness (QED) is 0.822. The molecule has 2 aliphatic rings. The van der Waals surface area contributed by atoms with Crippen molar-refractivity contribution >= 4 is 22.9 Å². The van der Waals surface area contributed by atoms with Gasteiger partial charge in [-0.3, -0.25) is 0 Å². The number of nitrogens with one attached hydrogen (secondary N) is 1. The van der Waals surface area contributed by atoms with E-state index in [-0.39, 0.29) is 0 Å². The highest BCUT2D eigenvalue weighted by molar-refractivity contribution is 7.16. The van der Waals surface area contributed by atoms with Gasteiger partial charge in [0.05, 0.1) is 4.34 Å². The fourth-order valence-electron chi connectivity index (χ4n) is 3.77. The molecule has 1 aliphatic carbocycles. The molecule has 2 heterocycles. The zero-order chi connectivity index (χ0) is 13.8. The zero-order valence-corrected chi connectivity index (χ0v) is 13.7. The highest BCUT2D eigenvalue weighted by Crippen LogP contribution is 2.45. The predicted molar refractivity (Wildman–Crippen MR) is 87.6 cm³/mol. The monoisotopic (exact) mass is 312 g/mol. The number of rotatable bonds is 5. The molecule has 1 saturated heterocycles. The summed E-state index contributed by atoms with van der Waals surface area (Å²) in [7, 11) is 0. The molecule has 1 spiro atoms. The van der Waals surface area contributed by atoms with Crippen LogP contribution in [0, 0.1) is 5.41 Å². The van der Waals surface area contributed by atoms with Crippen LogP contribution in [0.5, 0.6) is 0 Å². The summed E-state index contributed by atoms with van der Waals surface area (Å²) >= 11 is 7.61. The molecule has 0 atom stereocenters. The molecule has 4 heteroatoms.